The number of rotatable bonds is 3. The van der Waals surface area contributed by atoms with Gasteiger partial charge in [0.25, 0.3) is 0 Å². The fourth-order valence-electron chi connectivity index (χ4n) is 2.19. The van der Waals surface area contributed by atoms with Gasteiger partial charge in [-0.25, -0.2) is 0 Å². The predicted octanol–water partition coefficient (Wildman–Crippen LogP) is 0.839. The second kappa shape index (κ2) is 5.53. The quantitative estimate of drug-likeness (QED) is 0.573. The summed E-state index contributed by atoms with van der Waals surface area (Å²) in [5.74, 6) is 1.94. The Labute approximate surface area is 99.5 Å². The third-order valence-corrected chi connectivity index (χ3v) is 3.18. The van der Waals surface area contributed by atoms with Crippen LogP contribution in [0.1, 0.15) is 20.8 Å². The molecule has 4 heteroatoms. The molecule has 0 amide bonds. The molecule has 0 saturated carbocycles. The number of likely N-dealkylation sites (N-methyl/N-ethyl adjacent to an activating group) is 1. The lowest BCUT2D eigenvalue weighted by atomic mass is 10.1. The minimum atomic E-state index is 0.572. The Hall–Kier alpha value is -0.770. The van der Waals surface area contributed by atoms with E-state index in [1.54, 1.807) is 0 Å². The molecule has 1 aliphatic rings. The first-order chi connectivity index (χ1) is 7.41. The molecule has 1 fully saturated rings. The van der Waals surface area contributed by atoms with E-state index in [0.717, 1.165) is 19.6 Å². The molecule has 0 spiro atoms. The third-order valence-electron chi connectivity index (χ3n) is 3.18. The number of guanidine groups is 1. The SMILES string of the molecule is CC(C)CN=C(N)N1CC(C)C(N(C)C)C1. The molecule has 0 bridgehead atoms. The standard InChI is InChI=1S/C12H26N4/c1-9(2)6-14-12(13)16-7-10(3)11(8-16)15(4)5/h9-11H,6-8H2,1-5H3,(H2,13,14). The van der Waals surface area contributed by atoms with E-state index in [9.17, 15) is 0 Å². The maximum absolute atomic E-state index is 6.01. The van der Waals surface area contributed by atoms with Crippen LogP contribution in [0.3, 0.4) is 0 Å². The maximum Gasteiger partial charge on any atom is 0.191 e. The highest BCUT2D eigenvalue weighted by molar-refractivity contribution is 5.78. The average molecular weight is 226 g/mol. The van der Waals surface area contributed by atoms with Crippen LogP contribution in [0.5, 0.6) is 0 Å². The summed E-state index contributed by atoms with van der Waals surface area (Å²) in [4.78, 5) is 8.92. The smallest absolute Gasteiger partial charge is 0.191 e. The van der Waals surface area contributed by atoms with Gasteiger partial charge in [0.15, 0.2) is 5.96 Å². The number of aliphatic imine (C=N–C) groups is 1. The van der Waals surface area contributed by atoms with Crippen molar-refractivity contribution in [1.82, 2.24) is 9.80 Å². The van der Waals surface area contributed by atoms with Crippen LogP contribution in [0.2, 0.25) is 0 Å². The first kappa shape index (κ1) is 13.3. The van der Waals surface area contributed by atoms with E-state index in [1.807, 2.05) is 0 Å². The molecule has 4 nitrogen and oxygen atoms in total. The molecular formula is C12H26N4. The van der Waals surface area contributed by atoms with Gasteiger partial charge in [-0.15, -0.1) is 0 Å². The Morgan fingerprint density at radius 1 is 1.44 bits per heavy atom. The van der Waals surface area contributed by atoms with Crippen LogP contribution in [-0.4, -0.2) is 55.5 Å². The van der Waals surface area contributed by atoms with Crippen molar-refractivity contribution in [3.63, 3.8) is 0 Å². The average Bonchev–Trinajstić information content (AvgIpc) is 2.56. The van der Waals surface area contributed by atoms with Crippen molar-refractivity contribution in [2.24, 2.45) is 22.6 Å². The fraction of sp³-hybridized carbons (Fsp3) is 0.917. The molecule has 1 saturated heterocycles. The van der Waals surface area contributed by atoms with E-state index in [1.165, 1.54) is 0 Å². The van der Waals surface area contributed by atoms with Gasteiger partial charge in [0.05, 0.1) is 0 Å². The second-order valence-electron chi connectivity index (χ2n) is 5.51. The molecule has 1 rings (SSSR count). The van der Waals surface area contributed by atoms with Crippen molar-refractivity contribution in [2.75, 3.05) is 33.7 Å². The van der Waals surface area contributed by atoms with Gasteiger partial charge in [-0.05, 0) is 25.9 Å². The van der Waals surface area contributed by atoms with Crippen LogP contribution in [0.25, 0.3) is 0 Å². The lowest BCUT2D eigenvalue weighted by Crippen LogP contribution is -2.39. The summed E-state index contributed by atoms with van der Waals surface area (Å²) in [6.45, 7) is 9.44. The number of hydrogen-bond donors (Lipinski definition) is 1. The van der Waals surface area contributed by atoms with E-state index in [4.69, 9.17) is 5.73 Å². The fourth-order valence-corrected chi connectivity index (χ4v) is 2.19. The lowest BCUT2D eigenvalue weighted by molar-refractivity contribution is 0.262. The molecule has 2 N–H and O–H groups in total. The van der Waals surface area contributed by atoms with Crippen molar-refractivity contribution < 1.29 is 0 Å². The Balaban J connectivity index is 2.54. The first-order valence-electron chi connectivity index (χ1n) is 6.13. The summed E-state index contributed by atoms with van der Waals surface area (Å²) < 4.78 is 0. The molecule has 1 aliphatic heterocycles. The highest BCUT2D eigenvalue weighted by atomic mass is 15.3. The molecule has 16 heavy (non-hydrogen) atoms. The summed E-state index contributed by atoms with van der Waals surface area (Å²) in [7, 11) is 4.26. The van der Waals surface area contributed by atoms with Crippen molar-refractivity contribution >= 4 is 5.96 Å². The zero-order valence-corrected chi connectivity index (χ0v) is 11.3. The minimum absolute atomic E-state index is 0.572. The number of nitrogens with two attached hydrogens (primary N) is 1. The molecule has 0 aromatic rings. The van der Waals surface area contributed by atoms with Gasteiger partial charge in [-0.2, -0.15) is 0 Å². The van der Waals surface area contributed by atoms with Gasteiger partial charge in [0.2, 0.25) is 0 Å². The first-order valence-corrected chi connectivity index (χ1v) is 6.13. The summed E-state index contributed by atoms with van der Waals surface area (Å²) in [6.07, 6.45) is 0. The molecule has 2 atom stereocenters. The van der Waals surface area contributed by atoms with Crippen LogP contribution in [0, 0.1) is 11.8 Å². The number of hydrogen-bond acceptors (Lipinski definition) is 2. The zero-order valence-electron chi connectivity index (χ0n) is 11.3. The normalized spacial score (nSPS) is 27.2. The molecule has 0 aromatic carbocycles. The summed E-state index contributed by atoms with van der Waals surface area (Å²) in [5, 5.41) is 0. The summed E-state index contributed by atoms with van der Waals surface area (Å²) in [5.41, 5.74) is 6.01. The van der Waals surface area contributed by atoms with Gasteiger partial charge >= 0.3 is 0 Å². The van der Waals surface area contributed by atoms with Crippen LogP contribution in [0.4, 0.5) is 0 Å². The van der Waals surface area contributed by atoms with E-state index in [0.29, 0.717) is 23.8 Å². The van der Waals surface area contributed by atoms with Crippen molar-refractivity contribution in [3.05, 3.63) is 0 Å². The van der Waals surface area contributed by atoms with E-state index in [2.05, 4.69) is 49.7 Å². The van der Waals surface area contributed by atoms with Gasteiger partial charge in [-0.3, -0.25) is 4.99 Å². The van der Waals surface area contributed by atoms with Gasteiger partial charge in [0, 0.05) is 25.7 Å². The summed E-state index contributed by atoms with van der Waals surface area (Å²) in [6, 6.07) is 0.591. The lowest BCUT2D eigenvalue weighted by Gasteiger charge is -2.22. The van der Waals surface area contributed by atoms with E-state index >= 15 is 0 Å². The predicted molar refractivity (Wildman–Crippen MR) is 69.5 cm³/mol. The molecule has 2 unspecified atom stereocenters. The monoisotopic (exact) mass is 226 g/mol. The van der Waals surface area contributed by atoms with Crippen molar-refractivity contribution in [1.29, 1.82) is 0 Å². The second-order valence-corrected chi connectivity index (χ2v) is 5.51. The topological polar surface area (TPSA) is 44.9 Å². The Kier molecular flexibility index (Phi) is 4.59. The minimum Gasteiger partial charge on any atom is -0.370 e. The van der Waals surface area contributed by atoms with Gasteiger partial charge in [-0.1, -0.05) is 20.8 Å². The third kappa shape index (κ3) is 3.37. The van der Waals surface area contributed by atoms with Gasteiger partial charge in [0.1, 0.15) is 0 Å². The molecule has 1 heterocycles. The molecule has 0 aromatic heterocycles. The van der Waals surface area contributed by atoms with Crippen LogP contribution in [-0.2, 0) is 0 Å². The largest absolute Gasteiger partial charge is 0.370 e. The number of nitrogens with zero attached hydrogens (tertiary/aromatic N) is 3. The van der Waals surface area contributed by atoms with Crippen LogP contribution < -0.4 is 5.73 Å². The van der Waals surface area contributed by atoms with E-state index < -0.39 is 0 Å². The Morgan fingerprint density at radius 3 is 2.50 bits per heavy atom. The Morgan fingerprint density at radius 2 is 2.06 bits per heavy atom. The van der Waals surface area contributed by atoms with Gasteiger partial charge < -0.3 is 15.5 Å². The summed E-state index contributed by atoms with van der Waals surface area (Å²) >= 11 is 0. The van der Waals surface area contributed by atoms with Crippen molar-refractivity contribution in [3.8, 4) is 0 Å². The van der Waals surface area contributed by atoms with Crippen molar-refractivity contribution in [2.45, 2.75) is 26.8 Å². The highest BCUT2D eigenvalue weighted by Crippen LogP contribution is 2.19. The maximum atomic E-state index is 6.01. The molecular weight excluding hydrogens is 200 g/mol. The van der Waals surface area contributed by atoms with Crippen LogP contribution in [0.15, 0.2) is 4.99 Å². The zero-order chi connectivity index (χ0) is 12.3. The van der Waals surface area contributed by atoms with E-state index in [-0.39, 0.29) is 0 Å². The molecule has 0 radical (unpaired) electrons. The highest BCUT2D eigenvalue weighted by Gasteiger charge is 2.31. The molecule has 0 aliphatic carbocycles. The van der Waals surface area contributed by atoms with Crippen LogP contribution >= 0.6 is 0 Å². The Bertz CT molecular complexity index is 247. The molecule has 94 valence electrons. The number of likely N-dealkylation sites (tertiary alicyclic amines) is 1.